The fourth-order valence-corrected chi connectivity index (χ4v) is 3.74. The number of hydrogen-bond donors (Lipinski definition) is 0. The molecule has 1 saturated carbocycles. The van der Waals surface area contributed by atoms with Crippen molar-refractivity contribution in [1.29, 1.82) is 0 Å². The van der Waals surface area contributed by atoms with Gasteiger partial charge in [0.2, 0.25) is 0 Å². The van der Waals surface area contributed by atoms with Crippen LogP contribution in [0.25, 0.3) is 0 Å². The fourth-order valence-electron chi connectivity index (χ4n) is 3.74. The molecule has 0 unspecified atom stereocenters. The predicted molar refractivity (Wildman–Crippen MR) is 111 cm³/mol. The minimum atomic E-state index is -0.470. The highest BCUT2D eigenvalue weighted by atomic mass is 16.5. The van der Waals surface area contributed by atoms with Crippen LogP contribution in [0.4, 0.5) is 0 Å². The second kappa shape index (κ2) is 9.25. The minimum absolute atomic E-state index is 0.0790. The number of carbonyl (C=O) groups excluding carboxylic acids is 1. The van der Waals surface area contributed by atoms with Crippen molar-refractivity contribution in [2.24, 2.45) is 11.3 Å². The zero-order chi connectivity index (χ0) is 20.9. The fraction of sp³-hybridized carbons (Fsp3) is 0.522. The number of ether oxygens (including phenoxy) is 2. The van der Waals surface area contributed by atoms with Gasteiger partial charge in [0, 0.05) is 6.07 Å². The number of benzene rings is 1. The summed E-state index contributed by atoms with van der Waals surface area (Å²) in [6.07, 6.45) is 3.79. The van der Waals surface area contributed by atoms with Gasteiger partial charge in [-0.25, -0.2) is 9.48 Å². The first-order valence-corrected chi connectivity index (χ1v) is 10.3. The average Bonchev–Trinajstić information content (AvgIpc) is 2.70. The second-order valence-corrected chi connectivity index (χ2v) is 8.69. The maximum absolute atomic E-state index is 12.5. The summed E-state index contributed by atoms with van der Waals surface area (Å²) >= 11 is 0. The molecule has 6 heteroatoms. The SMILES string of the molecule is CC(C)(C)C1CCC(OC(=O)c2ccc(=O)n(CCOc3ccccc3)n2)CC1. The van der Waals surface area contributed by atoms with Gasteiger partial charge in [0.25, 0.3) is 5.56 Å². The Morgan fingerprint density at radius 1 is 1.07 bits per heavy atom. The predicted octanol–water partition coefficient (Wildman–Crippen LogP) is 4.08. The van der Waals surface area contributed by atoms with E-state index in [1.165, 1.54) is 16.8 Å². The Balaban J connectivity index is 1.54. The second-order valence-electron chi connectivity index (χ2n) is 8.69. The van der Waals surface area contributed by atoms with Gasteiger partial charge in [0.05, 0.1) is 6.54 Å². The summed E-state index contributed by atoms with van der Waals surface area (Å²) < 4.78 is 12.5. The number of hydrogen-bond acceptors (Lipinski definition) is 5. The Kier molecular flexibility index (Phi) is 6.72. The van der Waals surface area contributed by atoms with Gasteiger partial charge in [0.15, 0.2) is 5.69 Å². The van der Waals surface area contributed by atoms with Gasteiger partial charge in [-0.3, -0.25) is 4.79 Å². The van der Waals surface area contributed by atoms with E-state index >= 15 is 0 Å². The Morgan fingerprint density at radius 2 is 1.76 bits per heavy atom. The Morgan fingerprint density at radius 3 is 2.41 bits per heavy atom. The lowest BCUT2D eigenvalue weighted by Gasteiger charge is -2.36. The molecule has 2 aromatic rings. The largest absolute Gasteiger partial charge is 0.492 e. The van der Waals surface area contributed by atoms with E-state index in [1.54, 1.807) is 0 Å². The van der Waals surface area contributed by atoms with Crippen LogP contribution < -0.4 is 10.3 Å². The van der Waals surface area contributed by atoms with Gasteiger partial charge >= 0.3 is 5.97 Å². The van der Waals surface area contributed by atoms with Crippen LogP contribution in [-0.2, 0) is 11.3 Å². The van der Waals surface area contributed by atoms with Crippen LogP contribution in [0.15, 0.2) is 47.3 Å². The molecule has 0 bridgehead atoms. The summed E-state index contributed by atoms with van der Waals surface area (Å²) in [7, 11) is 0. The van der Waals surface area contributed by atoms with E-state index in [1.807, 2.05) is 30.3 Å². The zero-order valence-corrected chi connectivity index (χ0v) is 17.5. The van der Waals surface area contributed by atoms with Crippen LogP contribution in [0.2, 0.25) is 0 Å². The molecular weight excluding hydrogens is 368 g/mol. The van der Waals surface area contributed by atoms with E-state index in [9.17, 15) is 9.59 Å². The lowest BCUT2D eigenvalue weighted by atomic mass is 9.72. The molecule has 6 nitrogen and oxygen atoms in total. The first-order valence-electron chi connectivity index (χ1n) is 10.3. The van der Waals surface area contributed by atoms with E-state index in [0.717, 1.165) is 31.4 Å². The first-order chi connectivity index (χ1) is 13.8. The molecule has 156 valence electrons. The molecular formula is C23H30N2O4. The van der Waals surface area contributed by atoms with Crippen molar-refractivity contribution in [2.75, 3.05) is 6.61 Å². The zero-order valence-electron chi connectivity index (χ0n) is 17.5. The quantitative estimate of drug-likeness (QED) is 0.686. The van der Waals surface area contributed by atoms with Gasteiger partial charge < -0.3 is 9.47 Å². The van der Waals surface area contributed by atoms with Crippen LogP contribution in [0.1, 0.15) is 56.9 Å². The highest BCUT2D eigenvalue weighted by Crippen LogP contribution is 2.38. The summed E-state index contributed by atoms with van der Waals surface area (Å²) in [5.74, 6) is 0.908. The van der Waals surface area contributed by atoms with Crippen LogP contribution in [-0.4, -0.2) is 28.5 Å². The van der Waals surface area contributed by atoms with Crippen molar-refractivity contribution < 1.29 is 14.3 Å². The summed E-state index contributed by atoms with van der Waals surface area (Å²) in [5.41, 5.74) is 0.166. The summed E-state index contributed by atoms with van der Waals surface area (Å²) in [6, 6.07) is 12.1. The molecule has 1 aromatic carbocycles. The maximum atomic E-state index is 12.5. The third kappa shape index (κ3) is 5.92. The molecule has 0 radical (unpaired) electrons. The summed E-state index contributed by atoms with van der Waals surface area (Å²) in [6.45, 7) is 7.33. The molecule has 1 heterocycles. The number of para-hydroxylation sites is 1. The van der Waals surface area contributed by atoms with Crippen molar-refractivity contribution in [3.63, 3.8) is 0 Å². The van der Waals surface area contributed by atoms with Gasteiger partial charge in [-0.05, 0) is 55.2 Å². The Hall–Kier alpha value is -2.63. The minimum Gasteiger partial charge on any atom is -0.492 e. The Labute approximate surface area is 171 Å². The molecule has 1 fully saturated rings. The molecule has 0 aliphatic heterocycles. The van der Waals surface area contributed by atoms with Crippen LogP contribution in [0, 0.1) is 11.3 Å². The van der Waals surface area contributed by atoms with Crippen LogP contribution in [0.5, 0.6) is 5.75 Å². The molecule has 0 spiro atoms. The number of esters is 1. The van der Waals surface area contributed by atoms with Gasteiger partial charge in [-0.1, -0.05) is 39.0 Å². The third-order valence-electron chi connectivity index (χ3n) is 5.56. The molecule has 1 aliphatic carbocycles. The monoisotopic (exact) mass is 398 g/mol. The molecule has 0 saturated heterocycles. The molecule has 29 heavy (non-hydrogen) atoms. The Bertz CT molecular complexity index is 862. The van der Waals surface area contributed by atoms with Gasteiger partial charge in [0.1, 0.15) is 18.5 Å². The molecule has 0 atom stereocenters. The number of carbonyl (C=O) groups is 1. The third-order valence-corrected chi connectivity index (χ3v) is 5.56. The van der Waals surface area contributed by atoms with Gasteiger partial charge in [-0.15, -0.1) is 0 Å². The molecule has 1 aromatic heterocycles. The maximum Gasteiger partial charge on any atom is 0.359 e. The van der Waals surface area contributed by atoms with Crippen molar-refractivity contribution in [1.82, 2.24) is 9.78 Å². The molecule has 1 aliphatic rings. The standard InChI is InChI=1S/C23H30N2O4/c1-23(2,3)17-9-11-19(12-10-17)29-22(27)20-13-14-21(26)25(24-20)15-16-28-18-7-5-4-6-8-18/h4-8,13-14,17,19H,9-12,15-16H2,1-3H3. The normalized spacial score (nSPS) is 19.6. The van der Waals surface area contributed by atoms with Crippen LogP contribution in [0.3, 0.4) is 0 Å². The number of nitrogens with zero attached hydrogens (tertiary/aromatic N) is 2. The van der Waals surface area contributed by atoms with E-state index in [4.69, 9.17) is 9.47 Å². The molecule has 3 rings (SSSR count). The molecule has 0 N–H and O–H groups in total. The van der Waals surface area contributed by atoms with Crippen molar-refractivity contribution in [3.8, 4) is 5.75 Å². The summed E-state index contributed by atoms with van der Waals surface area (Å²) in [4.78, 5) is 24.6. The van der Waals surface area contributed by atoms with Crippen molar-refractivity contribution in [2.45, 2.75) is 59.1 Å². The smallest absolute Gasteiger partial charge is 0.359 e. The van der Waals surface area contributed by atoms with E-state index in [0.29, 0.717) is 5.92 Å². The van der Waals surface area contributed by atoms with Gasteiger partial charge in [-0.2, -0.15) is 5.10 Å². The summed E-state index contributed by atoms with van der Waals surface area (Å²) in [5, 5.41) is 4.17. The lowest BCUT2D eigenvalue weighted by molar-refractivity contribution is 0.00842. The number of rotatable bonds is 6. The van der Waals surface area contributed by atoms with Crippen molar-refractivity contribution in [3.05, 3.63) is 58.5 Å². The lowest BCUT2D eigenvalue weighted by Crippen LogP contribution is -2.31. The van der Waals surface area contributed by atoms with E-state index in [-0.39, 0.29) is 35.9 Å². The first kappa shape index (κ1) is 21.1. The highest BCUT2D eigenvalue weighted by Gasteiger charge is 2.31. The van der Waals surface area contributed by atoms with Crippen LogP contribution >= 0.6 is 0 Å². The highest BCUT2D eigenvalue weighted by molar-refractivity contribution is 5.87. The topological polar surface area (TPSA) is 70.4 Å². The van der Waals surface area contributed by atoms with Crippen molar-refractivity contribution >= 4 is 5.97 Å². The molecule has 0 amide bonds. The average molecular weight is 399 g/mol. The number of aromatic nitrogens is 2. The van der Waals surface area contributed by atoms with E-state index in [2.05, 4.69) is 25.9 Å². The van der Waals surface area contributed by atoms with E-state index < -0.39 is 5.97 Å².